The summed E-state index contributed by atoms with van der Waals surface area (Å²) in [5.74, 6) is 1.07. The Hall–Kier alpha value is -0.0800. The minimum atomic E-state index is -0.123. The summed E-state index contributed by atoms with van der Waals surface area (Å²) in [7, 11) is 0. The molecule has 0 saturated carbocycles. The van der Waals surface area contributed by atoms with E-state index in [1.165, 1.54) is 0 Å². The summed E-state index contributed by atoms with van der Waals surface area (Å²) in [4.78, 5) is 0. The average molecular weight is 156 g/mol. The number of ether oxygens (including phenoxy) is 2. The lowest BCUT2D eigenvalue weighted by Gasteiger charge is -1.95. The lowest BCUT2D eigenvalue weighted by molar-refractivity contribution is 0.241. The van der Waals surface area contributed by atoms with Crippen LogP contribution in [0.1, 0.15) is 27.7 Å². The molecule has 2 nitrogen and oxygen atoms in total. The Balaban J connectivity index is 1.92. The SMILES string of the molecule is CC(C)C1OC12O[C@@H]2C(C)C. The van der Waals surface area contributed by atoms with E-state index in [1.807, 2.05) is 0 Å². The van der Waals surface area contributed by atoms with E-state index in [0.717, 1.165) is 0 Å². The van der Waals surface area contributed by atoms with E-state index in [0.29, 0.717) is 24.0 Å². The van der Waals surface area contributed by atoms with Crippen molar-refractivity contribution in [2.45, 2.75) is 45.7 Å². The first kappa shape index (κ1) is 7.56. The topological polar surface area (TPSA) is 25.1 Å². The Bertz CT molecular complexity index is 154. The maximum atomic E-state index is 5.53. The first-order valence-electron chi connectivity index (χ1n) is 4.43. The molecule has 0 aromatic heterocycles. The lowest BCUT2D eigenvalue weighted by atomic mass is 10.0. The minimum absolute atomic E-state index is 0.123. The van der Waals surface area contributed by atoms with Crippen LogP contribution in [0.4, 0.5) is 0 Å². The molecule has 0 N–H and O–H groups in total. The Labute approximate surface area is 67.9 Å². The summed E-state index contributed by atoms with van der Waals surface area (Å²) in [6, 6.07) is 0. The molecule has 11 heavy (non-hydrogen) atoms. The molecule has 0 amide bonds. The molecule has 2 heterocycles. The van der Waals surface area contributed by atoms with E-state index in [2.05, 4.69) is 27.7 Å². The number of rotatable bonds is 2. The smallest absolute Gasteiger partial charge is 0.223 e. The van der Waals surface area contributed by atoms with Crippen LogP contribution in [0.15, 0.2) is 0 Å². The molecule has 2 fully saturated rings. The van der Waals surface area contributed by atoms with Gasteiger partial charge in [-0.3, -0.25) is 0 Å². The molecule has 2 aliphatic rings. The second-order valence-electron chi connectivity index (χ2n) is 4.29. The molecule has 3 atom stereocenters. The Morgan fingerprint density at radius 3 is 1.45 bits per heavy atom. The highest BCUT2D eigenvalue weighted by molar-refractivity contribution is 5.13. The third-order valence-electron chi connectivity index (χ3n) is 2.51. The van der Waals surface area contributed by atoms with Gasteiger partial charge in [0.25, 0.3) is 0 Å². The van der Waals surface area contributed by atoms with Gasteiger partial charge in [0.2, 0.25) is 5.79 Å². The van der Waals surface area contributed by atoms with E-state index in [4.69, 9.17) is 9.47 Å². The average Bonchev–Trinajstić information content (AvgIpc) is 2.72. The standard InChI is InChI=1S/C9H16O2/c1-5(2)7-9(10-7)8(11-9)6(3)4/h5-8H,1-4H3/t7-,8?,9?/m1/s1. The van der Waals surface area contributed by atoms with Gasteiger partial charge < -0.3 is 9.47 Å². The summed E-state index contributed by atoms with van der Waals surface area (Å²) < 4.78 is 11.1. The zero-order chi connectivity index (χ0) is 8.22. The molecule has 2 aliphatic heterocycles. The zero-order valence-electron chi connectivity index (χ0n) is 7.63. The molecule has 0 radical (unpaired) electrons. The van der Waals surface area contributed by atoms with Gasteiger partial charge >= 0.3 is 0 Å². The van der Waals surface area contributed by atoms with Gasteiger partial charge in [-0.25, -0.2) is 0 Å². The predicted octanol–water partition coefficient (Wildman–Crippen LogP) is 1.79. The molecular weight excluding hydrogens is 140 g/mol. The maximum absolute atomic E-state index is 5.53. The number of epoxide rings is 2. The molecular formula is C9H16O2. The largest absolute Gasteiger partial charge is 0.336 e. The van der Waals surface area contributed by atoms with Crippen LogP contribution in [0.2, 0.25) is 0 Å². The van der Waals surface area contributed by atoms with Crippen molar-refractivity contribution in [3.63, 3.8) is 0 Å². The normalized spacial score (nSPS) is 47.5. The molecule has 2 saturated heterocycles. The van der Waals surface area contributed by atoms with Crippen molar-refractivity contribution in [1.82, 2.24) is 0 Å². The van der Waals surface area contributed by atoms with E-state index in [1.54, 1.807) is 0 Å². The molecule has 2 heteroatoms. The van der Waals surface area contributed by atoms with Gasteiger partial charge in [0, 0.05) is 0 Å². The lowest BCUT2D eigenvalue weighted by Crippen LogP contribution is -2.10. The van der Waals surface area contributed by atoms with Crippen molar-refractivity contribution in [1.29, 1.82) is 0 Å². The van der Waals surface area contributed by atoms with E-state index in [9.17, 15) is 0 Å². The summed E-state index contributed by atoms with van der Waals surface area (Å²) in [5, 5.41) is 0. The molecule has 0 aliphatic carbocycles. The van der Waals surface area contributed by atoms with Crippen LogP contribution in [0.5, 0.6) is 0 Å². The molecule has 2 rings (SSSR count). The first-order valence-corrected chi connectivity index (χ1v) is 4.43. The van der Waals surface area contributed by atoms with Gasteiger partial charge in [-0.15, -0.1) is 0 Å². The van der Waals surface area contributed by atoms with Crippen LogP contribution >= 0.6 is 0 Å². The Kier molecular flexibility index (Phi) is 1.37. The molecule has 1 spiro atoms. The van der Waals surface area contributed by atoms with Crippen molar-refractivity contribution < 1.29 is 9.47 Å². The monoisotopic (exact) mass is 156 g/mol. The van der Waals surface area contributed by atoms with Gasteiger partial charge in [0.15, 0.2) is 0 Å². The van der Waals surface area contributed by atoms with E-state index < -0.39 is 0 Å². The van der Waals surface area contributed by atoms with Gasteiger partial charge in [-0.05, 0) is 11.8 Å². The molecule has 0 bridgehead atoms. The minimum Gasteiger partial charge on any atom is -0.336 e. The third-order valence-corrected chi connectivity index (χ3v) is 2.51. The van der Waals surface area contributed by atoms with Crippen molar-refractivity contribution in [2.75, 3.05) is 0 Å². The van der Waals surface area contributed by atoms with Crippen LogP contribution in [0.3, 0.4) is 0 Å². The number of hydrogen-bond acceptors (Lipinski definition) is 2. The highest BCUT2D eigenvalue weighted by Crippen LogP contribution is 2.59. The first-order chi connectivity index (χ1) is 5.08. The van der Waals surface area contributed by atoms with Crippen molar-refractivity contribution in [2.24, 2.45) is 11.8 Å². The summed E-state index contributed by atoms with van der Waals surface area (Å²) in [6.07, 6.45) is 0.741. The summed E-state index contributed by atoms with van der Waals surface area (Å²) >= 11 is 0. The Morgan fingerprint density at radius 1 is 0.909 bits per heavy atom. The quantitative estimate of drug-likeness (QED) is 0.569. The number of hydrogen-bond donors (Lipinski definition) is 0. The van der Waals surface area contributed by atoms with E-state index in [-0.39, 0.29) is 5.79 Å². The van der Waals surface area contributed by atoms with E-state index >= 15 is 0 Å². The summed E-state index contributed by atoms with van der Waals surface area (Å²) in [5.41, 5.74) is 0. The van der Waals surface area contributed by atoms with Crippen LogP contribution in [-0.2, 0) is 9.47 Å². The fraction of sp³-hybridized carbons (Fsp3) is 1.00. The second-order valence-corrected chi connectivity index (χ2v) is 4.29. The van der Waals surface area contributed by atoms with Crippen molar-refractivity contribution in [3.05, 3.63) is 0 Å². The fourth-order valence-electron chi connectivity index (χ4n) is 1.85. The third kappa shape index (κ3) is 0.926. The highest BCUT2D eigenvalue weighted by atomic mass is 16.9. The van der Waals surface area contributed by atoms with Gasteiger partial charge in [0.05, 0.1) is 0 Å². The van der Waals surface area contributed by atoms with Gasteiger partial charge in [0.1, 0.15) is 12.2 Å². The Morgan fingerprint density at radius 2 is 1.27 bits per heavy atom. The molecule has 0 aromatic rings. The van der Waals surface area contributed by atoms with Crippen molar-refractivity contribution >= 4 is 0 Å². The second kappa shape index (κ2) is 1.99. The van der Waals surface area contributed by atoms with Crippen LogP contribution in [-0.4, -0.2) is 18.0 Å². The predicted molar refractivity (Wildman–Crippen MR) is 42.2 cm³/mol. The fourth-order valence-corrected chi connectivity index (χ4v) is 1.85. The molecule has 0 aromatic carbocycles. The van der Waals surface area contributed by atoms with Crippen LogP contribution in [0, 0.1) is 11.8 Å². The summed E-state index contributed by atoms with van der Waals surface area (Å²) in [6.45, 7) is 8.72. The molecule has 64 valence electrons. The van der Waals surface area contributed by atoms with Gasteiger partial charge in [-0.2, -0.15) is 0 Å². The molecule has 2 unspecified atom stereocenters. The highest BCUT2D eigenvalue weighted by Gasteiger charge is 2.77. The van der Waals surface area contributed by atoms with Crippen LogP contribution in [0.25, 0.3) is 0 Å². The maximum Gasteiger partial charge on any atom is 0.223 e. The van der Waals surface area contributed by atoms with Crippen LogP contribution < -0.4 is 0 Å². The van der Waals surface area contributed by atoms with Crippen molar-refractivity contribution in [3.8, 4) is 0 Å². The zero-order valence-corrected chi connectivity index (χ0v) is 7.63. The van der Waals surface area contributed by atoms with Gasteiger partial charge in [-0.1, -0.05) is 27.7 Å².